The minimum absolute atomic E-state index is 0.0740. The van der Waals surface area contributed by atoms with E-state index < -0.39 is 29.7 Å². The van der Waals surface area contributed by atoms with Crippen LogP contribution in [0.15, 0.2) is 52.7 Å². The maximum absolute atomic E-state index is 13.4. The average Bonchev–Trinajstić information content (AvgIpc) is 3.48. The molecule has 1 unspecified atom stereocenters. The minimum atomic E-state index is -0.999. The van der Waals surface area contributed by atoms with E-state index >= 15 is 0 Å². The Bertz CT molecular complexity index is 1510. The molecule has 192 valence electrons. The SMILES string of the molecule is Cc1cc(-c2cncnc2)cc(-c2noc(CN3CCCC4=C3C(=O)N(C3CCC(=O)NC3=O)C4=O)n2)c1. The lowest BCUT2D eigenvalue weighted by Gasteiger charge is -2.29. The summed E-state index contributed by atoms with van der Waals surface area (Å²) in [5.74, 6) is -1.36. The van der Waals surface area contributed by atoms with Crippen molar-refractivity contribution in [3.63, 3.8) is 0 Å². The number of benzene rings is 1. The lowest BCUT2D eigenvalue weighted by atomic mass is 10.0. The van der Waals surface area contributed by atoms with Gasteiger partial charge in [-0.05, 0) is 49.4 Å². The summed E-state index contributed by atoms with van der Waals surface area (Å²) in [5, 5.41) is 6.37. The molecule has 1 saturated heterocycles. The molecule has 0 radical (unpaired) electrons. The molecule has 4 amide bonds. The molecule has 3 aliphatic rings. The Hall–Kier alpha value is -4.74. The number of carbonyl (C=O) groups excluding carboxylic acids is 4. The third-order valence-corrected chi connectivity index (χ3v) is 6.90. The van der Waals surface area contributed by atoms with E-state index in [4.69, 9.17) is 4.52 Å². The Labute approximate surface area is 216 Å². The molecule has 0 spiro atoms. The van der Waals surface area contributed by atoms with Gasteiger partial charge in [0.15, 0.2) is 0 Å². The van der Waals surface area contributed by atoms with E-state index in [1.54, 1.807) is 17.3 Å². The first-order valence-electron chi connectivity index (χ1n) is 12.3. The normalized spacial score (nSPS) is 19.8. The Morgan fingerprint density at radius 1 is 1.00 bits per heavy atom. The van der Waals surface area contributed by atoms with E-state index in [0.29, 0.717) is 36.7 Å². The van der Waals surface area contributed by atoms with Gasteiger partial charge < -0.3 is 9.42 Å². The van der Waals surface area contributed by atoms with Gasteiger partial charge in [-0.3, -0.25) is 29.4 Å². The molecule has 1 fully saturated rings. The minimum Gasteiger partial charge on any atom is -0.357 e. The zero-order valence-corrected chi connectivity index (χ0v) is 20.5. The molecule has 2 aromatic heterocycles. The van der Waals surface area contributed by atoms with E-state index in [0.717, 1.165) is 27.2 Å². The quantitative estimate of drug-likeness (QED) is 0.497. The van der Waals surface area contributed by atoms with Crippen molar-refractivity contribution in [2.45, 2.75) is 45.2 Å². The highest BCUT2D eigenvalue weighted by Crippen LogP contribution is 2.35. The highest BCUT2D eigenvalue weighted by atomic mass is 16.5. The highest BCUT2D eigenvalue weighted by molar-refractivity contribution is 6.21. The molecule has 12 heteroatoms. The second kappa shape index (κ2) is 9.29. The fourth-order valence-electron chi connectivity index (χ4n) is 5.19. The van der Waals surface area contributed by atoms with E-state index in [-0.39, 0.29) is 25.1 Å². The van der Waals surface area contributed by atoms with E-state index in [1.807, 2.05) is 25.1 Å². The summed E-state index contributed by atoms with van der Waals surface area (Å²) in [5.41, 5.74) is 4.17. The third kappa shape index (κ3) is 4.13. The molecule has 0 saturated carbocycles. The van der Waals surface area contributed by atoms with Crippen molar-refractivity contribution < 1.29 is 23.7 Å². The van der Waals surface area contributed by atoms with Gasteiger partial charge in [0, 0.05) is 42.1 Å². The van der Waals surface area contributed by atoms with Gasteiger partial charge in [0.05, 0.1) is 6.54 Å². The average molecular weight is 514 g/mol. The van der Waals surface area contributed by atoms with Crippen LogP contribution in [0.5, 0.6) is 0 Å². The molecule has 1 N–H and O–H groups in total. The maximum Gasteiger partial charge on any atom is 0.278 e. The van der Waals surface area contributed by atoms with Crippen LogP contribution in [0.2, 0.25) is 0 Å². The topological polar surface area (TPSA) is 151 Å². The van der Waals surface area contributed by atoms with E-state index in [2.05, 4.69) is 25.4 Å². The zero-order valence-electron chi connectivity index (χ0n) is 20.5. The van der Waals surface area contributed by atoms with Crippen LogP contribution in [0, 0.1) is 6.92 Å². The third-order valence-electron chi connectivity index (χ3n) is 6.90. The Morgan fingerprint density at radius 3 is 2.58 bits per heavy atom. The lowest BCUT2D eigenvalue weighted by molar-refractivity contribution is -0.150. The summed E-state index contributed by atoms with van der Waals surface area (Å²) in [6.07, 6.45) is 6.21. The summed E-state index contributed by atoms with van der Waals surface area (Å²) in [6.45, 7) is 2.62. The Kier molecular flexibility index (Phi) is 5.78. The number of rotatable bonds is 5. The van der Waals surface area contributed by atoms with Crippen LogP contribution in [0.4, 0.5) is 0 Å². The molecular formula is C26H23N7O5. The van der Waals surface area contributed by atoms with Crippen LogP contribution in [0.3, 0.4) is 0 Å². The van der Waals surface area contributed by atoms with Crippen molar-refractivity contribution in [3.05, 3.63) is 59.6 Å². The predicted molar refractivity (Wildman–Crippen MR) is 130 cm³/mol. The second-order valence-corrected chi connectivity index (χ2v) is 9.53. The van der Waals surface area contributed by atoms with Crippen molar-refractivity contribution >= 4 is 23.6 Å². The van der Waals surface area contributed by atoms with Crippen molar-refractivity contribution in [1.82, 2.24) is 35.2 Å². The van der Waals surface area contributed by atoms with Gasteiger partial charge in [0.1, 0.15) is 18.1 Å². The van der Waals surface area contributed by atoms with Crippen molar-refractivity contribution in [1.29, 1.82) is 0 Å². The molecule has 12 nitrogen and oxygen atoms in total. The van der Waals surface area contributed by atoms with Gasteiger partial charge in [0.2, 0.25) is 23.5 Å². The molecule has 38 heavy (non-hydrogen) atoms. The van der Waals surface area contributed by atoms with E-state index in [9.17, 15) is 19.2 Å². The number of carbonyl (C=O) groups is 4. The van der Waals surface area contributed by atoms with Crippen LogP contribution in [-0.4, -0.2) is 66.1 Å². The van der Waals surface area contributed by atoms with Gasteiger partial charge in [-0.2, -0.15) is 4.98 Å². The molecule has 5 heterocycles. The summed E-state index contributed by atoms with van der Waals surface area (Å²) in [7, 11) is 0. The van der Waals surface area contributed by atoms with Crippen LogP contribution in [0.1, 0.15) is 37.1 Å². The van der Waals surface area contributed by atoms with Crippen LogP contribution < -0.4 is 5.32 Å². The number of nitrogens with one attached hydrogen (secondary N) is 1. The molecule has 1 atom stereocenters. The first-order chi connectivity index (χ1) is 18.4. The molecule has 0 aliphatic carbocycles. The standard InChI is InChI=1S/C26H23N7O5/c1-14-7-15(17-10-27-13-28-11-17)9-16(8-14)23-30-21(38-31-23)12-32-6-2-3-18-22(32)26(37)33(25(18)36)19-4-5-20(34)29-24(19)35/h7-11,13,19H,2-6,12H2,1H3,(H,29,34,35). The Balaban J connectivity index is 1.24. The predicted octanol–water partition coefficient (Wildman–Crippen LogP) is 1.53. The summed E-state index contributed by atoms with van der Waals surface area (Å²) in [4.78, 5) is 65.9. The molecule has 0 bridgehead atoms. The monoisotopic (exact) mass is 513 g/mol. The van der Waals surface area contributed by atoms with Crippen LogP contribution >= 0.6 is 0 Å². The first kappa shape index (κ1) is 23.6. The first-order valence-corrected chi connectivity index (χ1v) is 12.3. The summed E-state index contributed by atoms with van der Waals surface area (Å²) < 4.78 is 5.53. The van der Waals surface area contributed by atoms with E-state index in [1.165, 1.54) is 6.33 Å². The number of imide groups is 2. The highest BCUT2D eigenvalue weighted by Gasteiger charge is 2.48. The lowest BCUT2D eigenvalue weighted by Crippen LogP contribution is -2.55. The number of hydrogen-bond donors (Lipinski definition) is 1. The molecule has 6 rings (SSSR count). The van der Waals surface area contributed by atoms with Gasteiger partial charge in [-0.1, -0.05) is 11.2 Å². The second-order valence-electron chi connectivity index (χ2n) is 9.53. The smallest absolute Gasteiger partial charge is 0.278 e. The number of hydrogen-bond acceptors (Lipinski definition) is 10. The largest absolute Gasteiger partial charge is 0.357 e. The van der Waals surface area contributed by atoms with Crippen molar-refractivity contribution in [3.8, 4) is 22.5 Å². The van der Waals surface area contributed by atoms with Crippen molar-refractivity contribution in [2.75, 3.05) is 6.54 Å². The fourth-order valence-corrected chi connectivity index (χ4v) is 5.19. The van der Waals surface area contributed by atoms with Crippen LogP contribution in [-0.2, 0) is 25.7 Å². The molecular weight excluding hydrogens is 490 g/mol. The van der Waals surface area contributed by atoms with Gasteiger partial charge in [-0.25, -0.2) is 9.97 Å². The summed E-state index contributed by atoms with van der Waals surface area (Å²) >= 11 is 0. The van der Waals surface area contributed by atoms with Gasteiger partial charge in [-0.15, -0.1) is 0 Å². The number of piperidine rings is 1. The Morgan fingerprint density at radius 2 is 1.79 bits per heavy atom. The number of aryl methyl sites for hydroxylation is 1. The van der Waals surface area contributed by atoms with Gasteiger partial charge >= 0.3 is 0 Å². The number of aromatic nitrogens is 4. The maximum atomic E-state index is 13.4. The molecule has 1 aromatic carbocycles. The van der Waals surface area contributed by atoms with Crippen molar-refractivity contribution in [2.24, 2.45) is 0 Å². The van der Waals surface area contributed by atoms with Gasteiger partial charge in [0.25, 0.3) is 11.8 Å². The zero-order chi connectivity index (χ0) is 26.4. The molecule has 3 aromatic rings. The number of nitrogens with zero attached hydrogens (tertiary/aromatic N) is 6. The fraction of sp³-hybridized carbons (Fsp3) is 0.308. The number of amides is 4. The van der Waals surface area contributed by atoms with Crippen LogP contribution in [0.25, 0.3) is 22.5 Å². The summed E-state index contributed by atoms with van der Waals surface area (Å²) in [6, 6.07) is 4.89. The molecule has 3 aliphatic heterocycles.